The highest BCUT2D eigenvalue weighted by Crippen LogP contribution is 2.04. The third-order valence-corrected chi connectivity index (χ3v) is 2.24. The number of aliphatic hydroxyl groups is 1. The molecule has 0 heterocycles. The Morgan fingerprint density at radius 3 is 2.71 bits per heavy atom. The van der Waals surface area contributed by atoms with Gasteiger partial charge in [-0.2, -0.15) is 0 Å². The first-order valence-electron chi connectivity index (χ1n) is 5.41. The fourth-order valence-electron chi connectivity index (χ4n) is 1.39. The van der Waals surface area contributed by atoms with E-state index >= 15 is 0 Å². The minimum Gasteiger partial charge on any atom is -0.466 e. The Bertz CT molecular complexity index is 362. The Morgan fingerprint density at radius 2 is 2.12 bits per heavy atom. The summed E-state index contributed by atoms with van der Waals surface area (Å²) in [4.78, 5) is 12.8. The van der Waals surface area contributed by atoms with Gasteiger partial charge in [0.1, 0.15) is 0 Å². The molecule has 0 aromatic heterocycles. The number of methoxy groups -OCH3 is 1. The smallest absolute Gasteiger partial charge is 0.331 e. The van der Waals surface area contributed by atoms with Crippen LogP contribution in [0, 0.1) is 0 Å². The molecule has 0 saturated heterocycles. The molecular weight excluding hydrogens is 218 g/mol. The highest BCUT2D eigenvalue weighted by atomic mass is 16.5. The first-order chi connectivity index (χ1) is 8.26. The molecule has 0 amide bonds. The molecule has 4 nitrogen and oxygen atoms in total. The van der Waals surface area contributed by atoms with Crippen molar-refractivity contribution in [2.24, 2.45) is 0 Å². The number of aliphatic hydroxyl groups excluding tert-OH is 1. The third-order valence-electron chi connectivity index (χ3n) is 2.24. The van der Waals surface area contributed by atoms with E-state index in [0.717, 1.165) is 5.56 Å². The first kappa shape index (κ1) is 13.3. The molecule has 4 heteroatoms. The van der Waals surface area contributed by atoms with Gasteiger partial charge in [0.25, 0.3) is 0 Å². The van der Waals surface area contributed by atoms with Crippen LogP contribution in [0.25, 0.3) is 0 Å². The summed E-state index contributed by atoms with van der Waals surface area (Å²) in [6.07, 6.45) is 2.98. The SMILES string of the molecule is COC(=O)C=CN(CCO)Cc1ccccc1. The normalized spacial score (nSPS) is 10.5. The molecule has 1 aromatic rings. The van der Waals surface area contributed by atoms with Crippen molar-refractivity contribution in [3.63, 3.8) is 0 Å². The molecule has 0 aliphatic carbocycles. The average Bonchev–Trinajstić information content (AvgIpc) is 2.37. The van der Waals surface area contributed by atoms with Crippen LogP contribution in [0.1, 0.15) is 5.56 Å². The number of nitrogens with zero attached hydrogens (tertiary/aromatic N) is 1. The number of ether oxygens (including phenoxy) is 1. The van der Waals surface area contributed by atoms with Gasteiger partial charge < -0.3 is 14.7 Å². The van der Waals surface area contributed by atoms with Gasteiger partial charge in [-0.1, -0.05) is 30.3 Å². The number of benzene rings is 1. The Morgan fingerprint density at radius 1 is 1.41 bits per heavy atom. The number of esters is 1. The van der Waals surface area contributed by atoms with Crippen molar-refractivity contribution in [3.8, 4) is 0 Å². The minimum atomic E-state index is -0.402. The molecule has 0 spiro atoms. The highest BCUT2D eigenvalue weighted by molar-refractivity contribution is 5.81. The molecule has 0 bridgehead atoms. The summed E-state index contributed by atoms with van der Waals surface area (Å²) in [7, 11) is 1.33. The van der Waals surface area contributed by atoms with Gasteiger partial charge in [-0.15, -0.1) is 0 Å². The van der Waals surface area contributed by atoms with E-state index in [9.17, 15) is 4.79 Å². The van der Waals surface area contributed by atoms with Crippen LogP contribution in [-0.2, 0) is 16.1 Å². The predicted octanol–water partition coefficient (Wildman–Crippen LogP) is 1.17. The van der Waals surface area contributed by atoms with Crippen LogP contribution in [0.5, 0.6) is 0 Å². The Kier molecular flexibility index (Phi) is 5.82. The topological polar surface area (TPSA) is 49.8 Å². The number of carbonyl (C=O) groups excluding carboxylic acids is 1. The van der Waals surface area contributed by atoms with E-state index in [2.05, 4.69) is 4.74 Å². The fourth-order valence-corrected chi connectivity index (χ4v) is 1.39. The molecule has 17 heavy (non-hydrogen) atoms. The minimum absolute atomic E-state index is 0.0400. The maximum absolute atomic E-state index is 11.0. The van der Waals surface area contributed by atoms with E-state index in [4.69, 9.17) is 5.11 Å². The maximum atomic E-state index is 11.0. The Labute approximate surface area is 101 Å². The largest absolute Gasteiger partial charge is 0.466 e. The molecule has 92 valence electrons. The van der Waals surface area contributed by atoms with Crippen molar-refractivity contribution < 1.29 is 14.6 Å². The highest BCUT2D eigenvalue weighted by Gasteiger charge is 2.01. The summed E-state index contributed by atoms with van der Waals surface area (Å²) in [5.74, 6) is -0.402. The summed E-state index contributed by atoms with van der Waals surface area (Å²) in [6.45, 7) is 1.16. The zero-order valence-electron chi connectivity index (χ0n) is 9.87. The van der Waals surface area contributed by atoms with Gasteiger partial charge in [0.15, 0.2) is 0 Å². The predicted molar refractivity (Wildman–Crippen MR) is 65.1 cm³/mol. The first-order valence-corrected chi connectivity index (χ1v) is 5.41. The van der Waals surface area contributed by atoms with Crippen LogP contribution < -0.4 is 0 Å². The summed E-state index contributed by atoms with van der Waals surface area (Å²) in [6, 6.07) is 9.85. The monoisotopic (exact) mass is 235 g/mol. The average molecular weight is 235 g/mol. The van der Waals surface area contributed by atoms with Gasteiger partial charge in [-0.05, 0) is 5.56 Å². The van der Waals surface area contributed by atoms with Crippen molar-refractivity contribution in [2.75, 3.05) is 20.3 Å². The molecule has 0 aliphatic heterocycles. The van der Waals surface area contributed by atoms with Crippen LogP contribution in [0.3, 0.4) is 0 Å². The van der Waals surface area contributed by atoms with E-state index in [1.165, 1.54) is 13.2 Å². The molecule has 0 atom stereocenters. The summed E-state index contributed by atoms with van der Waals surface area (Å²) < 4.78 is 4.51. The summed E-state index contributed by atoms with van der Waals surface area (Å²) in [5.41, 5.74) is 1.12. The van der Waals surface area contributed by atoms with E-state index in [0.29, 0.717) is 13.1 Å². The number of hydrogen-bond donors (Lipinski definition) is 1. The molecule has 0 unspecified atom stereocenters. The second-order valence-corrected chi connectivity index (χ2v) is 3.52. The molecule has 0 radical (unpaired) electrons. The van der Waals surface area contributed by atoms with E-state index in [-0.39, 0.29) is 6.61 Å². The molecule has 1 aromatic carbocycles. The fraction of sp³-hybridized carbons (Fsp3) is 0.308. The van der Waals surface area contributed by atoms with Crippen LogP contribution in [0.15, 0.2) is 42.6 Å². The second-order valence-electron chi connectivity index (χ2n) is 3.52. The summed E-state index contributed by atoms with van der Waals surface area (Å²) in [5, 5.41) is 8.95. The van der Waals surface area contributed by atoms with Gasteiger partial charge >= 0.3 is 5.97 Å². The lowest BCUT2D eigenvalue weighted by molar-refractivity contribution is -0.134. The lowest BCUT2D eigenvalue weighted by atomic mass is 10.2. The van der Waals surface area contributed by atoms with E-state index < -0.39 is 5.97 Å². The van der Waals surface area contributed by atoms with Gasteiger partial charge in [0, 0.05) is 25.4 Å². The van der Waals surface area contributed by atoms with Crippen molar-refractivity contribution >= 4 is 5.97 Å². The number of rotatable bonds is 6. The Balaban J connectivity index is 2.60. The molecule has 0 fully saturated rings. The van der Waals surface area contributed by atoms with Crippen molar-refractivity contribution in [2.45, 2.75) is 6.54 Å². The Hall–Kier alpha value is -1.81. The zero-order valence-corrected chi connectivity index (χ0v) is 9.87. The van der Waals surface area contributed by atoms with Crippen LogP contribution >= 0.6 is 0 Å². The standard InChI is InChI=1S/C13H17NO3/c1-17-13(16)7-8-14(9-10-15)11-12-5-3-2-4-6-12/h2-8,15H,9-11H2,1H3. The van der Waals surface area contributed by atoms with E-state index in [1.807, 2.05) is 35.2 Å². The van der Waals surface area contributed by atoms with Gasteiger partial charge in [0.05, 0.1) is 13.7 Å². The van der Waals surface area contributed by atoms with E-state index in [1.54, 1.807) is 6.20 Å². The van der Waals surface area contributed by atoms with Crippen LogP contribution in [0.4, 0.5) is 0 Å². The van der Waals surface area contributed by atoms with Crippen molar-refractivity contribution in [3.05, 3.63) is 48.2 Å². The lowest BCUT2D eigenvalue weighted by Crippen LogP contribution is -2.21. The molecule has 1 rings (SSSR count). The molecule has 1 N–H and O–H groups in total. The maximum Gasteiger partial charge on any atom is 0.331 e. The molecule has 0 saturated carbocycles. The number of hydrogen-bond acceptors (Lipinski definition) is 4. The lowest BCUT2D eigenvalue weighted by Gasteiger charge is -2.18. The summed E-state index contributed by atoms with van der Waals surface area (Å²) >= 11 is 0. The van der Waals surface area contributed by atoms with Gasteiger partial charge in [-0.25, -0.2) is 4.79 Å². The molecular formula is C13H17NO3. The third kappa shape index (κ3) is 5.17. The quantitative estimate of drug-likeness (QED) is 0.594. The zero-order chi connectivity index (χ0) is 12.5. The van der Waals surface area contributed by atoms with Crippen LogP contribution in [0.2, 0.25) is 0 Å². The van der Waals surface area contributed by atoms with Crippen molar-refractivity contribution in [1.29, 1.82) is 0 Å². The van der Waals surface area contributed by atoms with Gasteiger partial charge in [-0.3, -0.25) is 0 Å². The van der Waals surface area contributed by atoms with Crippen LogP contribution in [-0.4, -0.2) is 36.2 Å². The van der Waals surface area contributed by atoms with Gasteiger partial charge in [0.2, 0.25) is 0 Å². The molecule has 0 aliphatic rings. The number of carbonyl (C=O) groups is 1. The second kappa shape index (κ2) is 7.46. The van der Waals surface area contributed by atoms with Crippen molar-refractivity contribution in [1.82, 2.24) is 4.90 Å².